The van der Waals surface area contributed by atoms with Crippen LogP contribution in [0, 0.1) is 0 Å². The van der Waals surface area contributed by atoms with Crippen LogP contribution >= 0.6 is 0 Å². The number of amides is 1. The second kappa shape index (κ2) is 5.66. The highest BCUT2D eigenvalue weighted by atomic mass is 16.5. The minimum Gasteiger partial charge on any atom is -0.470 e. The lowest BCUT2D eigenvalue weighted by Gasteiger charge is -2.25. The molecule has 2 aliphatic rings. The number of carbonyl (C=O) groups is 1. The SMILES string of the molecule is CN1C(=O)c2cccnc2O[C@H]2CN(Cc3ccccc3)C[C@H]21. The smallest absolute Gasteiger partial charge is 0.259 e. The van der Waals surface area contributed by atoms with Gasteiger partial charge in [0.05, 0.1) is 6.04 Å². The maximum Gasteiger partial charge on any atom is 0.259 e. The topological polar surface area (TPSA) is 45.7 Å². The van der Waals surface area contributed by atoms with Crippen LogP contribution < -0.4 is 4.74 Å². The van der Waals surface area contributed by atoms with E-state index in [0.717, 1.165) is 19.6 Å². The molecule has 0 radical (unpaired) electrons. The summed E-state index contributed by atoms with van der Waals surface area (Å²) in [4.78, 5) is 21.0. The van der Waals surface area contributed by atoms with Crippen molar-refractivity contribution in [1.29, 1.82) is 0 Å². The van der Waals surface area contributed by atoms with Crippen LogP contribution in [0.15, 0.2) is 48.7 Å². The first-order chi connectivity index (χ1) is 11.2. The highest BCUT2D eigenvalue weighted by Crippen LogP contribution is 2.29. The Hall–Kier alpha value is -2.40. The Kier molecular flexibility index (Phi) is 3.50. The van der Waals surface area contributed by atoms with Crippen LogP contribution in [0.4, 0.5) is 0 Å². The largest absolute Gasteiger partial charge is 0.470 e. The number of likely N-dealkylation sites (N-methyl/N-ethyl adjacent to an activating group) is 1. The molecule has 0 saturated carbocycles. The predicted molar refractivity (Wildman–Crippen MR) is 86.3 cm³/mol. The van der Waals surface area contributed by atoms with E-state index in [1.807, 2.05) is 18.0 Å². The Morgan fingerprint density at radius 1 is 1.17 bits per heavy atom. The van der Waals surface area contributed by atoms with E-state index in [1.54, 1.807) is 18.3 Å². The Bertz CT molecular complexity index is 719. The number of rotatable bonds is 2. The normalized spacial score (nSPS) is 23.9. The zero-order valence-electron chi connectivity index (χ0n) is 13.1. The van der Waals surface area contributed by atoms with Gasteiger partial charge in [-0.1, -0.05) is 30.3 Å². The summed E-state index contributed by atoms with van der Waals surface area (Å²) in [6.07, 6.45) is 1.63. The molecule has 3 heterocycles. The molecule has 1 saturated heterocycles. The van der Waals surface area contributed by atoms with Crippen molar-refractivity contribution in [3.63, 3.8) is 0 Å². The Labute approximate surface area is 135 Å². The molecule has 1 aromatic heterocycles. The maximum atomic E-state index is 12.6. The lowest BCUT2D eigenvalue weighted by atomic mass is 10.2. The van der Waals surface area contributed by atoms with Gasteiger partial charge < -0.3 is 9.64 Å². The highest BCUT2D eigenvalue weighted by molar-refractivity contribution is 5.96. The zero-order chi connectivity index (χ0) is 15.8. The zero-order valence-corrected chi connectivity index (χ0v) is 13.1. The van der Waals surface area contributed by atoms with Crippen molar-refractivity contribution in [3.8, 4) is 5.88 Å². The van der Waals surface area contributed by atoms with Crippen molar-refractivity contribution in [2.24, 2.45) is 0 Å². The van der Waals surface area contributed by atoms with Crippen LogP contribution in [0.3, 0.4) is 0 Å². The molecule has 1 aromatic carbocycles. The van der Waals surface area contributed by atoms with E-state index in [4.69, 9.17) is 4.74 Å². The first-order valence-electron chi connectivity index (χ1n) is 7.87. The Morgan fingerprint density at radius 3 is 2.83 bits per heavy atom. The maximum absolute atomic E-state index is 12.6. The number of benzene rings is 1. The molecule has 1 amide bonds. The molecule has 0 spiro atoms. The molecule has 118 valence electrons. The van der Waals surface area contributed by atoms with Crippen molar-refractivity contribution in [1.82, 2.24) is 14.8 Å². The second-order valence-electron chi connectivity index (χ2n) is 6.18. The minimum absolute atomic E-state index is 0.0119. The third-order valence-corrected chi connectivity index (χ3v) is 4.64. The number of hydrogen-bond acceptors (Lipinski definition) is 4. The number of nitrogens with zero attached hydrogens (tertiary/aromatic N) is 3. The number of fused-ring (bicyclic) bond motifs is 2. The quantitative estimate of drug-likeness (QED) is 0.848. The van der Waals surface area contributed by atoms with Crippen molar-refractivity contribution >= 4 is 5.91 Å². The molecule has 23 heavy (non-hydrogen) atoms. The van der Waals surface area contributed by atoms with Gasteiger partial charge in [-0.2, -0.15) is 0 Å². The van der Waals surface area contributed by atoms with Gasteiger partial charge in [-0.15, -0.1) is 0 Å². The van der Waals surface area contributed by atoms with E-state index in [9.17, 15) is 4.79 Å². The van der Waals surface area contributed by atoms with Gasteiger partial charge in [-0.3, -0.25) is 9.69 Å². The third-order valence-electron chi connectivity index (χ3n) is 4.64. The van der Waals surface area contributed by atoms with Gasteiger partial charge in [0, 0.05) is 32.9 Å². The molecule has 0 unspecified atom stereocenters. The monoisotopic (exact) mass is 309 g/mol. The van der Waals surface area contributed by atoms with Crippen molar-refractivity contribution in [2.75, 3.05) is 20.1 Å². The molecular formula is C18H19N3O2. The van der Waals surface area contributed by atoms with Gasteiger partial charge in [0.15, 0.2) is 0 Å². The van der Waals surface area contributed by atoms with E-state index in [-0.39, 0.29) is 18.1 Å². The van der Waals surface area contributed by atoms with E-state index in [2.05, 4.69) is 34.1 Å². The lowest BCUT2D eigenvalue weighted by Crippen LogP contribution is -2.44. The molecule has 2 aliphatic heterocycles. The summed E-state index contributed by atoms with van der Waals surface area (Å²) in [5.41, 5.74) is 1.83. The number of hydrogen-bond donors (Lipinski definition) is 0. The summed E-state index contributed by atoms with van der Waals surface area (Å²) in [6, 6.07) is 14.0. The van der Waals surface area contributed by atoms with Crippen LogP contribution in [-0.4, -0.2) is 53.0 Å². The Morgan fingerprint density at radius 2 is 2.00 bits per heavy atom. The molecule has 2 aromatic rings. The van der Waals surface area contributed by atoms with Crippen molar-refractivity contribution in [3.05, 3.63) is 59.8 Å². The van der Waals surface area contributed by atoms with Gasteiger partial charge >= 0.3 is 0 Å². The van der Waals surface area contributed by atoms with E-state index in [1.165, 1.54) is 5.56 Å². The fraction of sp³-hybridized carbons (Fsp3) is 0.333. The molecule has 5 heteroatoms. The van der Waals surface area contributed by atoms with E-state index >= 15 is 0 Å². The fourth-order valence-electron chi connectivity index (χ4n) is 3.42. The molecule has 5 nitrogen and oxygen atoms in total. The average molecular weight is 309 g/mol. The molecule has 0 N–H and O–H groups in total. The van der Waals surface area contributed by atoms with Crippen molar-refractivity contribution < 1.29 is 9.53 Å². The summed E-state index contributed by atoms with van der Waals surface area (Å²) in [5, 5.41) is 0. The molecule has 4 rings (SSSR count). The third kappa shape index (κ3) is 2.57. The van der Waals surface area contributed by atoms with Crippen LogP contribution in [0.5, 0.6) is 5.88 Å². The van der Waals surface area contributed by atoms with Crippen LogP contribution in [0.1, 0.15) is 15.9 Å². The van der Waals surface area contributed by atoms with Crippen LogP contribution in [0.2, 0.25) is 0 Å². The molecule has 2 atom stereocenters. The predicted octanol–water partition coefficient (Wildman–Crippen LogP) is 1.80. The standard InChI is InChI=1S/C18H19N3O2/c1-20-15-11-21(10-13-6-3-2-4-7-13)12-16(15)23-17-14(18(20)22)8-5-9-19-17/h2-9,15-16H,10-12H2,1H3/t15-,16+/m1/s1. The first kappa shape index (κ1) is 14.2. The number of pyridine rings is 1. The summed E-state index contributed by atoms with van der Waals surface area (Å²) in [5.74, 6) is 0.445. The summed E-state index contributed by atoms with van der Waals surface area (Å²) in [6.45, 7) is 2.48. The second-order valence-corrected chi connectivity index (χ2v) is 6.18. The molecule has 0 bridgehead atoms. The van der Waals surface area contributed by atoms with E-state index in [0.29, 0.717) is 11.4 Å². The van der Waals surface area contributed by atoms with Gasteiger partial charge in [0.2, 0.25) is 5.88 Å². The lowest BCUT2D eigenvalue weighted by molar-refractivity contribution is 0.0680. The van der Waals surface area contributed by atoms with Crippen molar-refractivity contribution in [2.45, 2.75) is 18.7 Å². The van der Waals surface area contributed by atoms with E-state index < -0.39 is 0 Å². The number of aromatic nitrogens is 1. The number of ether oxygens (including phenoxy) is 1. The number of likely N-dealkylation sites (tertiary alicyclic amines) is 1. The van der Waals surface area contributed by atoms with Gasteiger partial charge in [-0.25, -0.2) is 4.98 Å². The molecule has 1 fully saturated rings. The van der Waals surface area contributed by atoms with Crippen LogP contribution in [-0.2, 0) is 6.54 Å². The summed E-state index contributed by atoms with van der Waals surface area (Å²) < 4.78 is 6.07. The highest BCUT2D eigenvalue weighted by Gasteiger charge is 2.42. The average Bonchev–Trinajstić information content (AvgIpc) is 2.93. The molecular weight excluding hydrogens is 290 g/mol. The van der Waals surface area contributed by atoms with Gasteiger partial charge in [-0.05, 0) is 17.7 Å². The summed E-state index contributed by atoms with van der Waals surface area (Å²) in [7, 11) is 1.86. The molecule has 0 aliphatic carbocycles. The fourth-order valence-corrected chi connectivity index (χ4v) is 3.42. The van der Waals surface area contributed by atoms with Crippen LogP contribution in [0.25, 0.3) is 0 Å². The minimum atomic E-state index is -0.0381. The van der Waals surface area contributed by atoms with Gasteiger partial charge in [0.1, 0.15) is 11.7 Å². The summed E-state index contributed by atoms with van der Waals surface area (Å²) >= 11 is 0. The number of carbonyl (C=O) groups excluding carboxylic acids is 1. The first-order valence-corrected chi connectivity index (χ1v) is 7.87. The Balaban J connectivity index is 1.57. The van der Waals surface area contributed by atoms with Gasteiger partial charge in [0.25, 0.3) is 5.91 Å².